The van der Waals surface area contributed by atoms with E-state index in [4.69, 9.17) is 0 Å². The zero-order chi connectivity index (χ0) is 14.9. The first-order valence-corrected chi connectivity index (χ1v) is 7.66. The molecule has 1 atom stereocenters. The molecule has 2 aromatic rings. The van der Waals surface area contributed by atoms with Crippen LogP contribution in [0.4, 0.5) is 0 Å². The molecule has 0 radical (unpaired) electrons. The van der Waals surface area contributed by atoms with Crippen molar-refractivity contribution in [2.45, 2.75) is 17.9 Å². The van der Waals surface area contributed by atoms with Gasteiger partial charge in [0.2, 0.25) is 0 Å². The minimum absolute atomic E-state index is 0.281. The Morgan fingerprint density at radius 2 is 1.38 bits per heavy atom. The minimum Gasteiger partial charge on any atom is -0.386 e. The Morgan fingerprint density at radius 3 is 1.81 bits per heavy atom. The fourth-order valence-corrected chi connectivity index (χ4v) is 3.67. The number of aliphatic hydroxyl groups excluding tert-OH is 1. The SMILES string of the molecule is C[N+]1(C)CCC(c2ccccc2)(c2ccccc2)C(O)C1. The molecule has 2 heteroatoms. The molecule has 3 rings (SSSR count). The summed E-state index contributed by atoms with van der Waals surface area (Å²) >= 11 is 0. The number of quaternary nitrogens is 1. The van der Waals surface area contributed by atoms with Gasteiger partial charge in [-0.1, -0.05) is 60.7 Å². The average Bonchev–Trinajstić information content (AvgIpc) is 2.49. The molecule has 1 N–H and O–H groups in total. The smallest absolute Gasteiger partial charge is 0.117 e. The van der Waals surface area contributed by atoms with Crippen LogP contribution in [0.5, 0.6) is 0 Å². The van der Waals surface area contributed by atoms with Crippen LogP contribution in [0, 0.1) is 0 Å². The number of piperidine rings is 1. The lowest BCUT2D eigenvalue weighted by Gasteiger charge is -2.48. The van der Waals surface area contributed by atoms with E-state index in [9.17, 15) is 5.11 Å². The number of benzene rings is 2. The van der Waals surface area contributed by atoms with Crippen LogP contribution in [0.1, 0.15) is 17.5 Å². The predicted octanol–water partition coefficient (Wildman–Crippen LogP) is 2.81. The van der Waals surface area contributed by atoms with Crippen LogP contribution in [0.2, 0.25) is 0 Å². The number of likely N-dealkylation sites (N-methyl/N-ethyl adjacent to an activating group) is 1. The Morgan fingerprint density at radius 1 is 0.905 bits per heavy atom. The average molecular weight is 282 g/mol. The second-order valence-corrected chi connectivity index (χ2v) is 6.81. The third-order valence-corrected chi connectivity index (χ3v) is 4.93. The van der Waals surface area contributed by atoms with E-state index in [-0.39, 0.29) is 11.5 Å². The van der Waals surface area contributed by atoms with Crippen LogP contribution in [-0.2, 0) is 5.41 Å². The second kappa shape index (κ2) is 5.28. The summed E-state index contributed by atoms with van der Waals surface area (Å²) in [5.74, 6) is 0. The van der Waals surface area contributed by atoms with Gasteiger partial charge in [-0.3, -0.25) is 0 Å². The molecule has 1 aliphatic rings. The van der Waals surface area contributed by atoms with Crippen LogP contribution in [0.3, 0.4) is 0 Å². The van der Waals surface area contributed by atoms with Crippen molar-refractivity contribution >= 4 is 0 Å². The number of hydrogen-bond donors (Lipinski definition) is 1. The van der Waals surface area contributed by atoms with Crippen LogP contribution in [0.25, 0.3) is 0 Å². The van der Waals surface area contributed by atoms with Crippen molar-refractivity contribution in [2.75, 3.05) is 27.2 Å². The molecule has 0 bridgehead atoms. The van der Waals surface area contributed by atoms with Gasteiger partial charge in [-0.05, 0) is 11.1 Å². The van der Waals surface area contributed by atoms with E-state index < -0.39 is 0 Å². The molecular formula is C19H24NO+. The number of aliphatic hydroxyl groups is 1. The Labute approximate surface area is 127 Å². The highest BCUT2D eigenvalue weighted by atomic mass is 16.3. The van der Waals surface area contributed by atoms with Gasteiger partial charge in [0, 0.05) is 6.42 Å². The third-order valence-electron chi connectivity index (χ3n) is 4.93. The first kappa shape index (κ1) is 14.3. The van der Waals surface area contributed by atoms with E-state index in [1.165, 1.54) is 11.1 Å². The fraction of sp³-hybridized carbons (Fsp3) is 0.368. The molecule has 0 aromatic heterocycles. The summed E-state index contributed by atoms with van der Waals surface area (Å²) in [5.41, 5.74) is 2.17. The van der Waals surface area contributed by atoms with Gasteiger partial charge in [-0.15, -0.1) is 0 Å². The van der Waals surface area contributed by atoms with Crippen LogP contribution in [-0.4, -0.2) is 42.9 Å². The molecule has 110 valence electrons. The Hall–Kier alpha value is -1.64. The Bertz CT molecular complexity index is 552. The summed E-state index contributed by atoms with van der Waals surface area (Å²) in [6.45, 7) is 1.85. The van der Waals surface area contributed by atoms with Crippen LogP contribution >= 0.6 is 0 Å². The summed E-state index contributed by atoms with van der Waals surface area (Å²) in [5, 5.41) is 11.0. The first-order chi connectivity index (χ1) is 10.0. The number of likely N-dealkylation sites (tertiary alicyclic amines) is 1. The lowest BCUT2D eigenvalue weighted by molar-refractivity contribution is -0.900. The lowest BCUT2D eigenvalue weighted by atomic mass is 9.66. The van der Waals surface area contributed by atoms with Crippen LogP contribution < -0.4 is 0 Å². The fourth-order valence-electron chi connectivity index (χ4n) is 3.67. The Balaban J connectivity index is 2.13. The Kier molecular flexibility index (Phi) is 3.60. The van der Waals surface area contributed by atoms with E-state index >= 15 is 0 Å². The standard InChI is InChI=1S/C19H24NO/c1-20(2)14-13-19(18(21)15-20,16-9-5-3-6-10-16)17-11-7-4-8-12-17/h3-12,18,21H,13-15H2,1-2H3/q+1. The van der Waals surface area contributed by atoms with Crippen molar-refractivity contribution in [2.24, 2.45) is 0 Å². The molecule has 0 aliphatic carbocycles. The summed E-state index contributed by atoms with van der Waals surface area (Å²) in [6, 6.07) is 21.0. The number of nitrogens with zero attached hydrogens (tertiary/aromatic N) is 1. The summed E-state index contributed by atoms with van der Waals surface area (Å²) in [6.07, 6.45) is 0.598. The minimum atomic E-state index is -0.369. The largest absolute Gasteiger partial charge is 0.386 e. The van der Waals surface area contributed by atoms with E-state index in [0.29, 0.717) is 0 Å². The predicted molar refractivity (Wildman–Crippen MR) is 86.1 cm³/mol. The van der Waals surface area contributed by atoms with Crippen molar-refractivity contribution in [1.82, 2.24) is 0 Å². The lowest BCUT2D eigenvalue weighted by Crippen LogP contribution is -2.60. The summed E-state index contributed by atoms with van der Waals surface area (Å²) < 4.78 is 0.878. The molecular weight excluding hydrogens is 258 g/mol. The van der Waals surface area contributed by atoms with Gasteiger partial charge in [0.15, 0.2) is 0 Å². The highest BCUT2D eigenvalue weighted by molar-refractivity contribution is 5.41. The highest BCUT2D eigenvalue weighted by Crippen LogP contribution is 2.42. The van der Waals surface area contributed by atoms with E-state index in [2.05, 4.69) is 62.6 Å². The highest BCUT2D eigenvalue weighted by Gasteiger charge is 2.48. The third kappa shape index (κ3) is 2.50. The summed E-state index contributed by atoms with van der Waals surface area (Å²) in [4.78, 5) is 0. The van der Waals surface area contributed by atoms with Gasteiger partial charge in [-0.2, -0.15) is 0 Å². The van der Waals surface area contributed by atoms with Crippen molar-refractivity contribution in [3.63, 3.8) is 0 Å². The van der Waals surface area contributed by atoms with Crippen molar-refractivity contribution in [3.8, 4) is 0 Å². The van der Waals surface area contributed by atoms with Gasteiger partial charge in [0.25, 0.3) is 0 Å². The quantitative estimate of drug-likeness (QED) is 0.840. The topological polar surface area (TPSA) is 20.2 Å². The summed E-state index contributed by atoms with van der Waals surface area (Å²) in [7, 11) is 4.40. The first-order valence-electron chi connectivity index (χ1n) is 7.66. The molecule has 1 fully saturated rings. The van der Waals surface area contributed by atoms with Gasteiger partial charge in [-0.25, -0.2) is 0 Å². The maximum absolute atomic E-state index is 11.0. The van der Waals surface area contributed by atoms with Crippen molar-refractivity contribution in [3.05, 3.63) is 71.8 Å². The maximum Gasteiger partial charge on any atom is 0.117 e. The monoisotopic (exact) mass is 282 g/mol. The zero-order valence-electron chi connectivity index (χ0n) is 12.9. The number of rotatable bonds is 2. The molecule has 0 spiro atoms. The van der Waals surface area contributed by atoms with Gasteiger partial charge >= 0.3 is 0 Å². The van der Waals surface area contributed by atoms with Gasteiger partial charge in [0.1, 0.15) is 12.6 Å². The van der Waals surface area contributed by atoms with E-state index in [0.717, 1.165) is 24.0 Å². The molecule has 21 heavy (non-hydrogen) atoms. The van der Waals surface area contributed by atoms with Crippen molar-refractivity contribution < 1.29 is 9.59 Å². The van der Waals surface area contributed by atoms with E-state index in [1.54, 1.807) is 0 Å². The van der Waals surface area contributed by atoms with E-state index in [1.807, 2.05) is 12.1 Å². The molecule has 1 unspecified atom stereocenters. The molecule has 0 amide bonds. The van der Waals surface area contributed by atoms with Crippen molar-refractivity contribution in [1.29, 1.82) is 0 Å². The van der Waals surface area contributed by atoms with Gasteiger partial charge < -0.3 is 9.59 Å². The molecule has 1 heterocycles. The molecule has 2 nitrogen and oxygen atoms in total. The zero-order valence-corrected chi connectivity index (χ0v) is 12.9. The number of hydrogen-bond acceptors (Lipinski definition) is 1. The molecule has 2 aromatic carbocycles. The van der Waals surface area contributed by atoms with Gasteiger partial charge in [0.05, 0.1) is 26.1 Å². The van der Waals surface area contributed by atoms with Crippen LogP contribution in [0.15, 0.2) is 60.7 Å². The maximum atomic E-state index is 11.0. The normalized spacial score (nSPS) is 23.7. The molecule has 1 aliphatic heterocycles. The molecule has 1 saturated heterocycles. The second-order valence-electron chi connectivity index (χ2n) is 6.81. The molecule has 0 saturated carbocycles.